The van der Waals surface area contributed by atoms with Crippen molar-refractivity contribution in [2.45, 2.75) is 30.2 Å². The Bertz CT molecular complexity index is 1020. The van der Waals surface area contributed by atoms with Crippen LogP contribution in [0, 0.1) is 0 Å². The largest absolute Gasteiger partial charge is 0.284 e. The lowest BCUT2D eigenvalue weighted by molar-refractivity contribution is 0.390. The van der Waals surface area contributed by atoms with Gasteiger partial charge in [0, 0.05) is 29.9 Å². The molecule has 0 aliphatic carbocycles. The van der Waals surface area contributed by atoms with Gasteiger partial charge in [0.1, 0.15) is 4.90 Å². The van der Waals surface area contributed by atoms with Crippen LogP contribution in [0.2, 0.25) is 5.02 Å². The summed E-state index contributed by atoms with van der Waals surface area (Å²) < 4.78 is 27.4. The summed E-state index contributed by atoms with van der Waals surface area (Å²) in [4.78, 5) is 4.94. The topological polar surface area (TPSA) is 79.0 Å². The van der Waals surface area contributed by atoms with Gasteiger partial charge in [-0.3, -0.25) is 10.1 Å². The van der Waals surface area contributed by atoms with E-state index in [-0.39, 0.29) is 10.9 Å². The third kappa shape index (κ3) is 3.76. The number of aromatic nitrogens is 3. The Balaban J connectivity index is 1.60. The number of H-pyrrole nitrogens is 1. The number of halogens is 1. The van der Waals surface area contributed by atoms with E-state index in [1.54, 1.807) is 0 Å². The third-order valence-electron chi connectivity index (χ3n) is 4.75. The molecule has 4 rings (SSSR count). The van der Waals surface area contributed by atoms with Crippen molar-refractivity contribution in [3.05, 3.63) is 76.8 Å². The Kier molecular flexibility index (Phi) is 4.99. The number of nitrogens with one attached hydrogen (secondary N) is 1. The molecular formula is C19H19ClN4O2S. The number of hydrogen-bond donors (Lipinski definition) is 1. The molecule has 1 aliphatic rings. The third-order valence-corrected chi connectivity index (χ3v) is 6.88. The average molecular weight is 403 g/mol. The van der Waals surface area contributed by atoms with Crippen molar-refractivity contribution in [3.63, 3.8) is 0 Å². The molecule has 6 nitrogen and oxygen atoms in total. The van der Waals surface area contributed by atoms with Crippen LogP contribution in [0.25, 0.3) is 0 Å². The van der Waals surface area contributed by atoms with Crippen LogP contribution in [-0.2, 0) is 16.4 Å². The number of aromatic amines is 1. The molecule has 0 amide bonds. The molecule has 1 aliphatic heterocycles. The van der Waals surface area contributed by atoms with Crippen LogP contribution in [0.15, 0.2) is 59.8 Å². The predicted molar refractivity (Wildman–Crippen MR) is 103 cm³/mol. The molecule has 1 unspecified atom stereocenters. The Morgan fingerprint density at radius 2 is 2.00 bits per heavy atom. The summed E-state index contributed by atoms with van der Waals surface area (Å²) in [5, 5.41) is 7.04. The summed E-state index contributed by atoms with van der Waals surface area (Å²) in [6.07, 6.45) is 5.00. The number of pyridine rings is 1. The number of sulfonamides is 1. The second-order valence-corrected chi connectivity index (χ2v) is 8.89. The average Bonchev–Trinajstić information content (AvgIpc) is 3.36. The quantitative estimate of drug-likeness (QED) is 0.707. The summed E-state index contributed by atoms with van der Waals surface area (Å²) in [5.74, 6) is 0. The normalized spacial score (nSPS) is 18.0. The summed E-state index contributed by atoms with van der Waals surface area (Å²) >= 11 is 5.94. The standard InChI is InChI=1S/C19H19ClN4O2S/c20-15-8-6-14(7-9-15)11-16-3-1-4-18(23-16)19-5-2-10-24(19)27(25,26)17-12-21-22-13-17/h1,3-4,6-9,12-13,19H,2,5,10-11H2,(H,21,22). The van der Waals surface area contributed by atoms with Crippen LogP contribution in [0.4, 0.5) is 0 Å². The van der Waals surface area contributed by atoms with E-state index in [9.17, 15) is 8.42 Å². The first-order chi connectivity index (χ1) is 13.0. The van der Waals surface area contributed by atoms with E-state index in [1.807, 2.05) is 42.5 Å². The first kappa shape index (κ1) is 18.2. The maximum Gasteiger partial charge on any atom is 0.246 e. The molecule has 1 atom stereocenters. The van der Waals surface area contributed by atoms with E-state index in [4.69, 9.17) is 16.6 Å². The molecule has 0 saturated carbocycles. The van der Waals surface area contributed by atoms with Crippen LogP contribution in [0.3, 0.4) is 0 Å². The van der Waals surface area contributed by atoms with Crippen molar-refractivity contribution >= 4 is 21.6 Å². The first-order valence-corrected chi connectivity index (χ1v) is 10.6. The molecule has 3 aromatic rings. The zero-order valence-electron chi connectivity index (χ0n) is 14.5. The van der Waals surface area contributed by atoms with Crippen molar-refractivity contribution in [2.75, 3.05) is 6.54 Å². The molecule has 0 radical (unpaired) electrons. The number of rotatable bonds is 5. The van der Waals surface area contributed by atoms with Crippen LogP contribution in [0.5, 0.6) is 0 Å². The van der Waals surface area contributed by atoms with Crippen molar-refractivity contribution in [1.29, 1.82) is 0 Å². The van der Waals surface area contributed by atoms with Gasteiger partial charge in [-0.1, -0.05) is 29.8 Å². The van der Waals surface area contributed by atoms with Crippen LogP contribution in [0.1, 0.15) is 35.8 Å². The molecule has 1 fully saturated rings. The van der Waals surface area contributed by atoms with Crippen molar-refractivity contribution < 1.29 is 8.42 Å². The van der Waals surface area contributed by atoms with Gasteiger partial charge < -0.3 is 0 Å². The Morgan fingerprint density at radius 1 is 1.19 bits per heavy atom. The van der Waals surface area contributed by atoms with Gasteiger partial charge in [0.05, 0.1) is 17.9 Å². The SMILES string of the molecule is O=S(=O)(c1cn[nH]c1)N1CCCC1c1cccc(Cc2ccc(Cl)cc2)n1. The Hall–Kier alpha value is -2.22. The van der Waals surface area contributed by atoms with E-state index >= 15 is 0 Å². The molecule has 27 heavy (non-hydrogen) atoms. The Morgan fingerprint density at radius 3 is 2.74 bits per heavy atom. The lowest BCUT2D eigenvalue weighted by Gasteiger charge is -2.23. The van der Waals surface area contributed by atoms with Crippen LogP contribution in [-0.4, -0.2) is 34.4 Å². The monoisotopic (exact) mass is 402 g/mol. The lowest BCUT2D eigenvalue weighted by atomic mass is 10.1. The van der Waals surface area contributed by atoms with Gasteiger partial charge in [-0.05, 0) is 42.7 Å². The van der Waals surface area contributed by atoms with Crippen molar-refractivity contribution in [1.82, 2.24) is 19.5 Å². The van der Waals surface area contributed by atoms with Gasteiger partial charge in [0.2, 0.25) is 10.0 Å². The van der Waals surface area contributed by atoms with Crippen LogP contribution >= 0.6 is 11.6 Å². The van der Waals surface area contributed by atoms with E-state index in [0.717, 1.165) is 29.8 Å². The van der Waals surface area contributed by atoms with Gasteiger partial charge in [0.15, 0.2) is 0 Å². The van der Waals surface area contributed by atoms with Gasteiger partial charge in [-0.15, -0.1) is 0 Å². The molecule has 1 N–H and O–H groups in total. The molecule has 8 heteroatoms. The van der Waals surface area contributed by atoms with E-state index in [1.165, 1.54) is 16.7 Å². The first-order valence-electron chi connectivity index (χ1n) is 8.75. The fourth-order valence-electron chi connectivity index (χ4n) is 3.43. The van der Waals surface area contributed by atoms with E-state index in [0.29, 0.717) is 18.0 Å². The van der Waals surface area contributed by atoms with Crippen molar-refractivity contribution in [2.24, 2.45) is 0 Å². The fraction of sp³-hybridized carbons (Fsp3) is 0.263. The van der Waals surface area contributed by atoms with Gasteiger partial charge in [-0.25, -0.2) is 8.42 Å². The highest BCUT2D eigenvalue weighted by atomic mass is 35.5. The van der Waals surface area contributed by atoms with Crippen molar-refractivity contribution in [3.8, 4) is 0 Å². The molecule has 3 heterocycles. The summed E-state index contributed by atoms with van der Waals surface area (Å²) in [6, 6.07) is 13.2. The highest BCUT2D eigenvalue weighted by Crippen LogP contribution is 2.35. The molecule has 0 spiro atoms. The molecular weight excluding hydrogens is 384 g/mol. The summed E-state index contributed by atoms with van der Waals surface area (Å²) in [5.41, 5.74) is 2.80. The zero-order chi connectivity index (χ0) is 18.9. The highest BCUT2D eigenvalue weighted by Gasteiger charge is 2.37. The minimum Gasteiger partial charge on any atom is -0.284 e. The minimum atomic E-state index is -3.58. The van der Waals surface area contributed by atoms with Gasteiger partial charge in [0.25, 0.3) is 0 Å². The number of benzene rings is 1. The van der Waals surface area contributed by atoms with E-state index in [2.05, 4.69) is 10.2 Å². The summed E-state index contributed by atoms with van der Waals surface area (Å²) in [7, 11) is -3.58. The number of hydrogen-bond acceptors (Lipinski definition) is 4. The molecule has 1 aromatic carbocycles. The Labute approximate surface area is 163 Å². The second kappa shape index (κ2) is 7.42. The molecule has 1 saturated heterocycles. The zero-order valence-corrected chi connectivity index (χ0v) is 16.1. The molecule has 0 bridgehead atoms. The fourth-order valence-corrected chi connectivity index (χ4v) is 5.13. The van der Waals surface area contributed by atoms with E-state index < -0.39 is 10.0 Å². The van der Waals surface area contributed by atoms with Gasteiger partial charge in [-0.2, -0.15) is 9.40 Å². The molecule has 140 valence electrons. The van der Waals surface area contributed by atoms with Gasteiger partial charge >= 0.3 is 0 Å². The predicted octanol–water partition coefficient (Wildman–Crippen LogP) is 3.57. The smallest absolute Gasteiger partial charge is 0.246 e. The maximum atomic E-state index is 12.9. The maximum absolute atomic E-state index is 12.9. The second-order valence-electron chi connectivity index (χ2n) is 6.56. The lowest BCUT2D eigenvalue weighted by Crippen LogP contribution is -2.31. The van der Waals surface area contributed by atoms with Crippen LogP contribution < -0.4 is 0 Å². The molecule has 2 aromatic heterocycles. The highest BCUT2D eigenvalue weighted by molar-refractivity contribution is 7.89. The summed E-state index contributed by atoms with van der Waals surface area (Å²) in [6.45, 7) is 0.487. The number of nitrogens with zero attached hydrogens (tertiary/aromatic N) is 3. The minimum absolute atomic E-state index is 0.187.